The zero-order valence-corrected chi connectivity index (χ0v) is 10.7. The van der Waals surface area contributed by atoms with Gasteiger partial charge in [-0.3, -0.25) is 4.79 Å². The molecule has 3 rings (SSSR count). The molecule has 1 aliphatic carbocycles. The van der Waals surface area contributed by atoms with E-state index in [2.05, 4.69) is 10.3 Å². The summed E-state index contributed by atoms with van der Waals surface area (Å²) in [4.78, 5) is 15.4. The van der Waals surface area contributed by atoms with Crippen molar-refractivity contribution in [2.45, 2.75) is 18.5 Å². The molecule has 0 saturated heterocycles. The molecule has 1 N–H and O–H groups in total. The van der Waals surface area contributed by atoms with Crippen molar-refractivity contribution in [3.05, 3.63) is 48.0 Å². The lowest BCUT2D eigenvalue weighted by atomic mass is 10.2. The van der Waals surface area contributed by atoms with E-state index in [1.165, 1.54) is 18.4 Å². The molecular weight excluding hydrogens is 285 g/mol. The highest BCUT2D eigenvalue weighted by Crippen LogP contribution is 2.48. The molecule has 1 fully saturated rings. The summed E-state index contributed by atoms with van der Waals surface area (Å²) in [7, 11) is 0. The van der Waals surface area contributed by atoms with Gasteiger partial charge < -0.3 is 9.73 Å². The zero-order chi connectivity index (χ0) is 15.0. The van der Waals surface area contributed by atoms with Gasteiger partial charge in [-0.15, -0.1) is 0 Å². The van der Waals surface area contributed by atoms with E-state index in [4.69, 9.17) is 4.42 Å². The maximum atomic E-state index is 12.5. The fourth-order valence-corrected chi connectivity index (χ4v) is 2.18. The van der Waals surface area contributed by atoms with Crippen molar-refractivity contribution in [3.8, 4) is 0 Å². The predicted molar refractivity (Wildman–Crippen MR) is 67.4 cm³/mol. The first-order valence-electron chi connectivity index (χ1n) is 6.33. The molecule has 1 aliphatic rings. The molecule has 2 aromatic heterocycles. The van der Waals surface area contributed by atoms with Gasteiger partial charge >= 0.3 is 6.18 Å². The number of nitrogens with zero attached hydrogens (tertiary/aromatic N) is 1. The van der Waals surface area contributed by atoms with E-state index in [1.807, 2.05) is 0 Å². The Morgan fingerprint density at radius 1 is 1.29 bits per heavy atom. The van der Waals surface area contributed by atoms with Crippen LogP contribution in [0.15, 0.2) is 41.0 Å². The van der Waals surface area contributed by atoms with Crippen molar-refractivity contribution in [2.75, 3.05) is 5.32 Å². The van der Waals surface area contributed by atoms with E-state index in [-0.39, 0.29) is 23.6 Å². The Labute approximate surface area is 118 Å². The third-order valence-electron chi connectivity index (χ3n) is 3.33. The fourth-order valence-electron chi connectivity index (χ4n) is 2.18. The summed E-state index contributed by atoms with van der Waals surface area (Å²) >= 11 is 0. The van der Waals surface area contributed by atoms with Gasteiger partial charge in [0.25, 0.3) is 0 Å². The summed E-state index contributed by atoms with van der Waals surface area (Å²) in [5.41, 5.74) is -1.03. The number of halogens is 3. The van der Waals surface area contributed by atoms with Crippen LogP contribution in [0.3, 0.4) is 0 Å². The summed E-state index contributed by atoms with van der Waals surface area (Å²) in [6, 6.07) is 6.91. The Hall–Kier alpha value is -2.31. The molecule has 1 saturated carbocycles. The number of carbonyl (C=O) groups is 1. The number of hydrogen-bond donors (Lipinski definition) is 1. The van der Waals surface area contributed by atoms with Gasteiger partial charge in [0.1, 0.15) is 17.3 Å². The van der Waals surface area contributed by atoms with E-state index in [0.29, 0.717) is 12.2 Å². The Morgan fingerprint density at radius 3 is 2.76 bits per heavy atom. The average Bonchev–Trinajstić information content (AvgIpc) is 3.05. The molecule has 2 aromatic rings. The van der Waals surface area contributed by atoms with Crippen LogP contribution in [0.4, 0.5) is 19.0 Å². The number of aromatic nitrogens is 1. The van der Waals surface area contributed by atoms with Gasteiger partial charge in [-0.2, -0.15) is 13.2 Å². The van der Waals surface area contributed by atoms with Crippen molar-refractivity contribution in [1.29, 1.82) is 0 Å². The smallest absolute Gasteiger partial charge is 0.433 e. The molecule has 2 atom stereocenters. The number of carbonyl (C=O) groups excluding carboxylic acids is 1. The maximum Gasteiger partial charge on any atom is 0.433 e. The second-order valence-electron chi connectivity index (χ2n) is 4.86. The van der Waals surface area contributed by atoms with Gasteiger partial charge in [0.05, 0.1) is 6.26 Å². The average molecular weight is 296 g/mol. The van der Waals surface area contributed by atoms with Crippen LogP contribution in [0, 0.1) is 5.92 Å². The number of anilines is 1. The maximum absolute atomic E-state index is 12.5. The number of furan rings is 1. The van der Waals surface area contributed by atoms with Gasteiger partial charge in [-0.25, -0.2) is 4.98 Å². The molecular formula is C14H11F3N2O2. The Morgan fingerprint density at radius 2 is 2.10 bits per heavy atom. The molecule has 0 radical (unpaired) electrons. The van der Waals surface area contributed by atoms with Crippen molar-refractivity contribution in [2.24, 2.45) is 5.92 Å². The lowest BCUT2D eigenvalue weighted by Gasteiger charge is -2.08. The highest BCUT2D eigenvalue weighted by atomic mass is 19.4. The number of pyridine rings is 1. The molecule has 2 heterocycles. The quantitative estimate of drug-likeness (QED) is 0.944. The first-order chi connectivity index (χ1) is 9.95. The van der Waals surface area contributed by atoms with E-state index in [9.17, 15) is 18.0 Å². The molecule has 0 aliphatic heterocycles. The summed E-state index contributed by atoms with van der Waals surface area (Å²) < 4.78 is 42.8. The van der Waals surface area contributed by atoms with Crippen LogP contribution in [-0.4, -0.2) is 10.9 Å². The molecule has 21 heavy (non-hydrogen) atoms. The van der Waals surface area contributed by atoms with Crippen molar-refractivity contribution in [1.82, 2.24) is 4.98 Å². The molecule has 0 bridgehead atoms. The Kier molecular flexibility index (Phi) is 3.19. The van der Waals surface area contributed by atoms with Gasteiger partial charge in [-0.05, 0) is 30.7 Å². The second kappa shape index (κ2) is 4.91. The predicted octanol–water partition coefficient (Wildman–Crippen LogP) is 3.44. The minimum Gasteiger partial charge on any atom is -0.469 e. The monoisotopic (exact) mass is 296 g/mol. The summed E-state index contributed by atoms with van der Waals surface area (Å²) in [5, 5.41) is 2.42. The van der Waals surface area contributed by atoms with Gasteiger partial charge in [0.2, 0.25) is 5.91 Å². The largest absolute Gasteiger partial charge is 0.469 e. The topological polar surface area (TPSA) is 55.1 Å². The first kappa shape index (κ1) is 13.7. The molecule has 7 heteroatoms. The number of rotatable bonds is 3. The van der Waals surface area contributed by atoms with Crippen molar-refractivity contribution < 1.29 is 22.4 Å². The number of amides is 1. The highest BCUT2D eigenvalue weighted by Gasteiger charge is 2.46. The van der Waals surface area contributed by atoms with Crippen LogP contribution in [0.5, 0.6) is 0 Å². The van der Waals surface area contributed by atoms with E-state index >= 15 is 0 Å². The Bertz CT molecular complexity index is 652. The third-order valence-corrected chi connectivity index (χ3v) is 3.33. The van der Waals surface area contributed by atoms with Crippen LogP contribution in [0.1, 0.15) is 23.8 Å². The van der Waals surface area contributed by atoms with Crippen LogP contribution in [0.25, 0.3) is 0 Å². The molecule has 110 valence electrons. The lowest BCUT2D eigenvalue weighted by molar-refractivity contribution is -0.141. The SMILES string of the molecule is O=C(Nc1cccc(C(F)(F)F)n1)[C@@H]1C[C@@H]1c1ccco1. The number of alkyl halides is 3. The van der Waals surface area contributed by atoms with Gasteiger partial charge in [-0.1, -0.05) is 6.07 Å². The van der Waals surface area contributed by atoms with Gasteiger partial charge in [0, 0.05) is 11.8 Å². The second-order valence-corrected chi connectivity index (χ2v) is 4.86. The first-order valence-corrected chi connectivity index (χ1v) is 6.33. The fraction of sp³-hybridized carbons (Fsp3) is 0.286. The normalized spacial score (nSPS) is 21.1. The summed E-state index contributed by atoms with van der Waals surface area (Å²) in [5.74, 6) is -0.0198. The standard InChI is InChI=1S/C14H11F3N2O2/c15-14(16,17)11-4-1-5-12(18-11)19-13(20)9-7-8(9)10-3-2-6-21-10/h1-6,8-9H,7H2,(H,18,19,20)/t8-,9+/m0/s1. The van der Waals surface area contributed by atoms with Crippen LogP contribution < -0.4 is 5.32 Å². The van der Waals surface area contributed by atoms with Crippen LogP contribution in [0.2, 0.25) is 0 Å². The highest BCUT2D eigenvalue weighted by molar-refractivity contribution is 5.94. The minimum absolute atomic E-state index is 0.00852. The van der Waals surface area contributed by atoms with E-state index < -0.39 is 11.9 Å². The van der Waals surface area contributed by atoms with Crippen LogP contribution >= 0.6 is 0 Å². The molecule has 0 unspecified atom stereocenters. The zero-order valence-electron chi connectivity index (χ0n) is 10.7. The number of nitrogens with one attached hydrogen (secondary N) is 1. The molecule has 4 nitrogen and oxygen atoms in total. The van der Waals surface area contributed by atoms with Crippen molar-refractivity contribution in [3.63, 3.8) is 0 Å². The number of hydrogen-bond acceptors (Lipinski definition) is 3. The molecule has 0 aromatic carbocycles. The Balaban J connectivity index is 1.66. The van der Waals surface area contributed by atoms with Crippen molar-refractivity contribution >= 4 is 11.7 Å². The van der Waals surface area contributed by atoms with E-state index in [1.54, 1.807) is 12.1 Å². The minimum atomic E-state index is -4.53. The summed E-state index contributed by atoms with van der Waals surface area (Å²) in [6.07, 6.45) is -2.38. The van der Waals surface area contributed by atoms with Gasteiger partial charge in [0.15, 0.2) is 0 Å². The lowest BCUT2D eigenvalue weighted by Crippen LogP contribution is -2.17. The summed E-state index contributed by atoms with van der Waals surface area (Å²) in [6.45, 7) is 0. The molecule has 1 amide bonds. The third kappa shape index (κ3) is 2.91. The van der Waals surface area contributed by atoms with Crippen LogP contribution in [-0.2, 0) is 11.0 Å². The molecule has 0 spiro atoms. The van der Waals surface area contributed by atoms with E-state index in [0.717, 1.165) is 6.07 Å².